The number of ether oxygens (including phenoxy) is 1. The topological polar surface area (TPSA) is 44.8 Å². The molecule has 0 saturated carbocycles. The van der Waals surface area contributed by atoms with Gasteiger partial charge in [0, 0.05) is 19.2 Å². The van der Waals surface area contributed by atoms with Crippen molar-refractivity contribution in [2.24, 2.45) is 0 Å². The number of hydrogen-bond acceptors (Lipinski definition) is 4. The molecule has 0 aliphatic rings. The molecule has 0 aromatic heterocycles. The van der Waals surface area contributed by atoms with Crippen molar-refractivity contribution in [3.05, 3.63) is 34.4 Å². The predicted molar refractivity (Wildman–Crippen MR) is 77.1 cm³/mol. The largest absolute Gasteiger partial charge is 0.488 e. The third-order valence-electron chi connectivity index (χ3n) is 2.43. The SMILES string of the molecule is CCC([CH]P(=O)(OC)OC)Oc1ccc(Cl)cc1Cl. The van der Waals surface area contributed by atoms with Gasteiger partial charge in [-0.15, -0.1) is 0 Å². The highest BCUT2D eigenvalue weighted by Gasteiger charge is 2.28. The molecule has 1 rings (SSSR count). The first kappa shape index (κ1) is 16.8. The molecule has 0 fully saturated rings. The van der Waals surface area contributed by atoms with E-state index in [1.165, 1.54) is 20.4 Å². The Hall–Kier alpha value is -0.250. The van der Waals surface area contributed by atoms with E-state index in [0.29, 0.717) is 22.2 Å². The molecule has 4 nitrogen and oxygen atoms in total. The zero-order valence-electron chi connectivity index (χ0n) is 10.9. The Morgan fingerprint density at radius 1 is 1.32 bits per heavy atom. The van der Waals surface area contributed by atoms with Crippen LogP contribution in [0.25, 0.3) is 0 Å². The van der Waals surface area contributed by atoms with Crippen molar-refractivity contribution in [3.8, 4) is 5.75 Å². The van der Waals surface area contributed by atoms with Crippen LogP contribution in [0.5, 0.6) is 5.75 Å². The summed E-state index contributed by atoms with van der Waals surface area (Å²) in [4.78, 5) is 0. The minimum atomic E-state index is -3.23. The summed E-state index contributed by atoms with van der Waals surface area (Å²) < 4.78 is 27.4. The third kappa shape index (κ3) is 4.97. The quantitative estimate of drug-likeness (QED) is 0.675. The molecule has 19 heavy (non-hydrogen) atoms. The number of benzene rings is 1. The standard InChI is InChI=1S/C12H16Cl2O4P/c1-4-10(8-19(15,16-2)17-3)18-12-6-5-9(13)7-11(12)14/h5-8,10H,4H2,1-3H3. The zero-order valence-corrected chi connectivity index (χ0v) is 13.3. The highest BCUT2D eigenvalue weighted by molar-refractivity contribution is 7.56. The lowest BCUT2D eigenvalue weighted by Crippen LogP contribution is -2.17. The second-order valence-electron chi connectivity index (χ2n) is 3.69. The van der Waals surface area contributed by atoms with Gasteiger partial charge in [-0.05, 0) is 24.6 Å². The summed E-state index contributed by atoms with van der Waals surface area (Å²) >= 11 is 11.8. The first-order chi connectivity index (χ1) is 8.94. The molecule has 0 amide bonds. The van der Waals surface area contributed by atoms with Crippen molar-refractivity contribution < 1.29 is 18.3 Å². The molecular formula is C12H16Cl2O4P. The Morgan fingerprint density at radius 3 is 2.42 bits per heavy atom. The summed E-state index contributed by atoms with van der Waals surface area (Å²) in [7, 11) is -0.590. The van der Waals surface area contributed by atoms with Crippen molar-refractivity contribution >= 4 is 30.8 Å². The minimum Gasteiger partial charge on any atom is -0.488 e. The lowest BCUT2D eigenvalue weighted by molar-refractivity contribution is 0.219. The number of hydrogen-bond donors (Lipinski definition) is 0. The maximum Gasteiger partial charge on any atom is 0.338 e. The first-order valence-electron chi connectivity index (χ1n) is 5.63. The maximum atomic E-state index is 12.0. The molecule has 0 aliphatic heterocycles. The van der Waals surface area contributed by atoms with Crippen LogP contribution in [-0.4, -0.2) is 20.3 Å². The summed E-state index contributed by atoms with van der Waals surface area (Å²) in [6.45, 7) is 1.89. The van der Waals surface area contributed by atoms with Gasteiger partial charge in [-0.3, -0.25) is 4.57 Å². The molecular weight excluding hydrogens is 310 g/mol. The Labute approximate surface area is 123 Å². The van der Waals surface area contributed by atoms with Gasteiger partial charge in [0.1, 0.15) is 18.0 Å². The van der Waals surface area contributed by atoms with E-state index in [-0.39, 0.29) is 0 Å². The lowest BCUT2D eigenvalue weighted by Gasteiger charge is -2.21. The monoisotopic (exact) mass is 325 g/mol. The molecule has 0 spiro atoms. The van der Waals surface area contributed by atoms with E-state index in [1.54, 1.807) is 18.2 Å². The smallest absolute Gasteiger partial charge is 0.338 e. The van der Waals surface area contributed by atoms with Crippen LogP contribution in [0.2, 0.25) is 10.0 Å². The fourth-order valence-electron chi connectivity index (χ4n) is 1.35. The van der Waals surface area contributed by atoms with Crippen LogP contribution in [0.3, 0.4) is 0 Å². The maximum absolute atomic E-state index is 12.0. The molecule has 0 heterocycles. The molecule has 1 unspecified atom stereocenters. The van der Waals surface area contributed by atoms with Crippen LogP contribution in [-0.2, 0) is 13.6 Å². The van der Waals surface area contributed by atoms with Gasteiger partial charge in [-0.1, -0.05) is 30.1 Å². The van der Waals surface area contributed by atoms with Crippen molar-refractivity contribution in [1.82, 2.24) is 0 Å². The van der Waals surface area contributed by atoms with E-state index in [2.05, 4.69) is 0 Å². The lowest BCUT2D eigenvalue weighted by atomic mass is 10.3. The summed E-state index contributed by atoms with van der Waals surface area (Å²) in [5, 5.41) is 0.915. The summed E-state index contributed by atoms with van der Waals surface area (Å²) in [5.41, 5.74) is 0. The van der Waals surface area contributed by atoms with Gasteiger partial charge in [-0.25, -0.2) is 0 Å². The second-order valence-corrected chi connectivity index (χ2v) is 6.65. The van der Waals surface area contributed by atoms with E-state index in [1.807, 2.05) is 6.92 Å². The highest BCUT2D eigenvalue weighted by atomic mass is 35.5. The third-order valence-corrected chi connectivity index (χ3v) is 4.68. The Balaban J connectivity index is 2.79. The molecule has 0 aliphatic carbocycles. The zero-order chi connectivity index (χ0) is 14.5. The van der Waals surface area contributed by atoms with Crippen LogP contribution in [0.1, 0.15) is 13.3 Å². The van der Waals surface area contributed by atoms with E-state index >= 15 is 0 Å². The van der Waals surface area contributed by atoms with Crippen LogP contribution in [0, 0.1) is 6.16 Å². The summed E-state index contributed by atoms with van der Waals surface area (Å²) in [6.07, 6.45) is 1.57. The Morgan fingerprint density at radius 2 is 1.95 bits per heavy atom. The Kier molecular flexibility index (Phi) is 6.64. The predicted octanol–water partition coefficient (Wildman–Crippen LogP) is 4.80. The van der Waals surface area contributed by atoms with Crippen LogP contribution in [0.4, 0.5) is 0 Å². The molecule has 1 atom stereocenters. The van der Waals surface area contributed by atoms with Crippen molar-refractivity contribution in [3.63, 3.8) is 0 Å². The van der Waals surface area contributed by atoms with Gasteiger partial charge in [-0.2, -0.15) is 0 Å². The van der Waals surface area contributed by atoms with E-state index in [9.17, 15) is 4.57 Å². The summed E-state index contributed by atoms with van der Waals surface area (Å²) in [6, 6.07) is 4.91. The van der Waals surface area contributed by atoms with Crippen molar-refractivity contribution in [2.45, 2.75) is 19.4 Å². The van der Waals surface area contributed by atoms with Gasteiger partial charge >= 0.3 is 7.60 Å². The molecule has 1 radical (unpaired) electrons. The fraction of sp³-hybridized carbons (Fsp3) is 0.417. The summed E-state index contributed by atoms with van der Waals surface area (Å²) in [5.74, 6) is 0.466. The molecule has 0 saturated heterocycles. The molecule has 107 valence electrons. The Bertz CT molecular complexity index is 459. The number of halogens is 2. The van der Waals surface area contributed by atoms with Crippen molar-refractivity contribution in [2.75, 3.05) is 14.2 Å². The minimum absolute atomic E-state index is 0.393. The van der Waals surface area contributed by atoms with Gasteiger partial charge in [0.2, 0.25) is 0 Å². The second kappa shape index (κ2) is 7.51. The van der Waals surface area contributed by atoms with Crippen LogP contribution >= 0.6 is 30.8 Å². The van der Waals surface area contributed by atoms with Gasteiger partial charge in [0.25, 0.3) is 0 Å². The van der Waals surface area contributed by atoms with Gasteiger partial charge < -0.3 is 13.8 Å². The van der Waals surface area contributed by atoms with Gasteiger partial charge in [0.15, 0.2) is 0 Å². The molecule has 1 aromatic carbocycles. The normalized spacial score (nSPS) is 13.3. The average molecular weight is 326 g/mol. The first-order valence-corrected chi connectivity index (χ1v) is 7.99. The van der Waals surface area contributed by atoms with Gasteiger partial charge in [0.05, 0.1) is 5.02 Å². The van der Waals surface area contributed by atoms with Crippen molar-refractivity contribution in [1.29, 1.82) is 0 Å². The molecule has 1 aromatic rings. The van der Waals surface area contributed by atoms with E-state index < -0.39 is 13.7 Å². The number of rotatable bonds is 7. The van der Waals surface area contributed by atoms with Crippen LogP contribution in [0.15, 0.2) is 18.2 Å². The van der Waals surface area contributed by atoms with E-state index in [0.717, 1.165) is 0 Å². The fourth-order valence-corrected chi connectivity index (χ4v) is 2.88. The van der Waals surface area contributed by atoms with E-state index in [4.69, 9.17) is 37.0 Å². The highest BCUT2D eigenvalue weighted by Crippen LogP contribution is 2.51. The van der Waals surface area contributed by atoms with Crippen LogP contribution < -0.4 is 4.74 Å². The molecule has 0 N–H and O–H groups in total. The molecule has 7 heteroatoms. The average Bonchev–Trinajstić information content (AvgIpc) is 2.40. The molecule has 0 bridgehead atoms.